The van der Waals surface area contributed by atoms with Crippen molar-refractivity contribution in [2.45, 2.75) is 90.4 Å². The summed E-state index contributed by atoms with van der Waals surface area (Å²) in [6.45, 7) is 8.61. The van der Waals surface area contributed by atoms with Crippen molar-refractivity contribution >= 4 is 0 Å². The summed E-state index contributed by atoms with van der Waals surface area (Å²) >= 11 is 0. The van der Waals surface area contributed by atoms with Crippen molar-refractivity contribution in [1.82, 2.24) is 0 Å². The predicted octanol–water partition coefficient (Wildman–Crippen LogP) is 4.77. The molecule has 5 aliphatic rings. The Balaban J connectivity index is 1.47. The lowest BCUT2D eigenvalue weighted by Crippen LogP contribution is -2.59. The fourth-order valence-corrected chi connectivity index (χ4v) is 9.01. The van der Waals surface area contributed by atoms with E-state index >= 15 is 0 Å². The monoisotopic (exact) mass is 362 g/mol. The third-order valence-electron chi connectivity index (χ3n) is 10.0. The Morgan fingerprint density at radius 1 is 0.846 bits per heavy atom. The molecule has 1 saturated heterocycles. The van der Waals surface area contributed by atoms with Crippen LogP contribution in [0.4, 0.5) is 0 Å². The summed E-state index contributed by atoms with van der Waals surface area (Å²) in [5.74, 6) is 2.82. The Hall–Kier alpha value is -0.120. The molecule has 0 radical (unpaired) electrons. The number of ether oxygens (including phenoxy) is 2. The lowest BCUT2D eigenvalue weighted by Gasteiger charge is -2.62. The van der Waals surface area contributed by atoms with Gasteiger partial charge in [0, 0.05) is 5.92 Å². The van der Waals surface area contributed by atoms with Gasteiger partial charge in [0.1, 0.15) is 0 Å². The molecule has 0 spiro atoms. The molecular formula is C23H38O3. The first kappa shape index (κ1) is 17.9. The second-order valence-corrected chi connectivity index (χ2v) is 10.9. The summed E-state index contributed by atoms with van der Waals surface area (Å²) in [5, 5.41) is 11.5. The first-order valence-corrected chi connectivity index (χ1v) is 11.3. The van der Waals surface area contributed by atoms with Gasteiger partial charge in [-0.1, -0.05) is 26.7 Å². The molecule has 5 rings (SSSR count). The number of aliphatic hydroxyl groups is 1. The average molecular weight is 363 g/mol. The van der Waals surface area contributed by atoms with E-state index in [1.807, 2.05) is 0 Å². The van der Waals surface area contributed by atoms with Crippen LogP contribution in [0.25, 0.3) is 0 Å². The van der Waals surface area contributed by atoms with E-state index in [4.69, 9.17) is 9.47 Å². The molecule has 26 heavy (non-hydrogen) atoms. The Labute approximate surface area is 159 Å². The van der Waals surface area contributed by atoms with Crippen LogP contribution < -0.4 is 0 Å². The van der Waals surface area contributed by atoms with Crippen molar-refractivity contribution in [2.24, 2.45) is 40.4 Å². The highest BCUT2D eigenvalue weighted by Crippen LogP contribution is 2.69. The van der Waals surface area contributed by atoms with Crippen LogP contribution in [0.2, 0.25) is 0 Å². The molecule has 4 aliphatic carbocycles. The SMILES string of the molecule is CC1([C@@H]2CC[C@@H]3[C@@H]4CC[C@H]5CCCC[C@]5(C)[C@@H]4[C@H](O)C[C@]32C)OCCO1. The molecule has 4 saturated carbocycles. The van der Waals surface area contributed by atoms with Gasteiger partial charge in [-0.3, -0.25) is 0 Å². The van der Waals surface area contributed by atoms with Crippen LogP contribution >= 0.6 is 0 Å². The largest absolute Gasteiger partial charge is 0.393 e. The van der Waals surface area contributed by atoms with E-state index in [1.165, 1.54) is 51.4 Å². The predicted molar refractivity (Wildman–Crippen MR) is 102 cm³/mol. The topological polar surface area (TPSA) is 38.7 Å². The normalized spacial score (nSPS) is 55.8. The summed E-state index contributed by atoms with van der Waals surface area (Å²) < 4.78 is 12.2. The molecule has 148 valence electrons. The zero-order chi connectivity index (χ0) is 18.2. The summed E-state index contributed by atoms with van der Waals surface area (Å²) in [6.07, 6.45) is 11.6. The second kappa shape index (κ2) is 5.94. The van der Waals surface area contributed by atoms with Gasteiger partial charge in [0.15, 0.2) is 5.79 Å². The molecule has 1 N–H and O–H groups in total. The van der Waals surface area contributed by atoms with E-state index in [2.05, 4.69) is 20.8 Å². The Morgan fingerprint density at radius 2 is 1.62 bits per heavy atom. The first-order chi connectivity index (χ1) is 12.4. The quantitative estimate of drug-likeness (QED) is 0.730. The average Bonchev–Trinajstić information content (AvgIpc) is 3.17. The molecule has 8 atom stereocenters. The van der Waals surface area contributed by atoms with Crippen LogP contribution in [0.5, 0.6) is 0 Å². The molecule has 1 aliphatic heterocycles. The van der Waals surface area contributed by atoms with Gasteiger partial charge in [0.2, 0.25) is 0 Å². The fraction of sp³-hybridized carbons (Fsp3) is 1.00. The third-order valence-corrected chi connectivity index (χ3v) is 10.0. The zero-order valence-electron chi connectivity index (χ0n) is 17.0. The molecule has 0 amide bonds. The van der Waals surface area contributed by atoms with Crippen LogP contribution in [0, 0.1) is 40.4 Å². The van der Waals surface area contributed by atoms with E-state index in [0.717, 1.165) is 31.5 Å². The standard InChI is InChI=1S/C23H38O3/c1-21-11-5-4-6-15(21)7-8-16-17-9-10-19(23(3)25-12-13-26-23)22(17,2)14-18(24)20(16)21/h15-20,24H,4-14H2,1-3H3/t15-,16+,17-,18-,19-,20+,21+,22-/m1/s1. The highest BCUT2D eigenvalue weighted by atomic mass is 16.7. The maximum absolute atomic E-state index is 11.5. The van der Waals surface area contributed by atoms with E-state index in [1.54, 1.807) is 0 Å². The van der Waals surface area contributed by atoms with Gasteiger partial charge in [0.25, 0.3) is 0 Å². The van der Waals surface area contributed by atoms with Crippen LogP contribution in [0.15, 0.2) is 0 Å². The second-order valence-electron chi connectivity index (χ2n) is 10.9. The minimum absolute atomic E-state index is 0.141. The molecule has 0 unspecified atom stereocenters. The summed E-state index contributed by atoms with van der Waals surface area (Å²) in [4.78, 5) is 0. The van der Waals surface area contributed by atoms with Crippen LogP contribution in [-0.4, -0.2) is 30.2 Å². The lowest BCUT2D eigenvalue weighted by molar-refractivity contribution is -0.231. The summed E-state index contributed by atoms with van der Waals surface area (Å²) in [5.41, 5.74) is 0.543. The summed E-state index contributed by atoms with van der Waals surface area (Å²) in [7, 11) is 0. The molecule has 0 aromatic heterocycles. The highest BCUT2D eigenvalue weighted by Gasteiger charge is 2.65. The van der Waals surface area contributed by atoms with Gasteiger partial charge < -0.3 is 14.6 Å². The van der Waals surface area contributed by atoms with Gasteiger partial charge in [-0.25, -0.2) is 0 Å². The molecule has 3 nitrogen and oxygen atoms in total. The molecule has 0 aromatic carbocycles. The minimum Gasteiger partial charge on any atom is -0.393 e. The van der Waals surface area contributed by atoms with Gasteiger partial charge in [0.05, 0.1) is 19.3 Å². The smallest absolute Gasteiger partial charge is 0.169 e. The van der Waals surface area contributed by atoms with Crippen LogP contribution in [0.1, 0.15) is 78.6 Å². The van der Waals surface area contributed by atoms with E-state index in [-0.39, 0.29) is 11.5 Å². The third kappa shape index (κ3) is 2.29. The van der Waals surface area contributed by atoms with E-state index < -0.39 is 5.79 Å². The molecule has 5 fully saturated rings. The number of fused-ring (bicyclic) bond motifs is 5. The van der Waals surface area contributed by atoms with Crippen molar-refractivity contribution in [2.75, 3.05) is 13.2 Å². The molecule has 0 bridgehead atoms. The van der Waals surface area contributed by atoms with Gasteiger partial charge in [-0.2, -0.15) is 0 Å². The Bertz CT molecular complexity index is 556. The van der Waals surface area contributed by atoms with Crippen LogP contribution in [-0.2, 0) is 9.47 Å². The maximum Gasteiger partial charge on any atom is 0.169 e. The van der Waals surface area contributed by atoms with Crippen molar-refractivity contribution in [1.29, 1.82) is 0 Å². The minimum atomic E-state index is -0.429. The van der Waals surface area contributed by atoms with E-state index in [0.29, 0.717) is 23.2 Å². The van der Waals surface area contributed by atoms with Crippen molar-refractivity contribution < 1.29 is 14.6 Å². The highest BCUT2D eigenvalue weighted by molar-refractivity contribution is 5.13. The molecule has 1 heterocycles. The molecule has 0 aromatic rings. The molecular weight excluding hydrogens is 324 g/mol. The van der Waals surface area contributed by atoms with Crippen molar-refractivity contribution in [3.63, 3.8) is 0 Å². The lowest BCUT2D eigenvalue weighted by atomic mass is 9.44. The zero-order valence-corrected chi connectivity index (χ0v) is 17.0. The Morgan fingerprint density at radius 3 is 2.38 bits per heavy atom. The summed E-state index contributed by atoms with van der Waals surface area (Å²) in [6, 6.07) is 0. The van der Waals surface area contributed by atoms with Crippen molar-refractivity contribution in [3.05, 3.63) is 0 Å². The number of rotatable bonds is 1. The maximum atomic E-state index is 11.5. The first-order valence-electron chi connectivity index (χ1n) is 11.3. The van der Waals surface area contributed by atoms with Gasteiger partial charge in [-0.05, 0) is 86.4 Å². The van der Waals surface area contributed by atoms with Gasteiger partial charge in [-0.15, -0.1) is 0 Å². The Kier molecular flexibility index (Phi) is 4.10. The van der Waals surface area contributed by atoms with E-state index in [9.17, 15) is 5.11 Å². The fourth-order valence-electron chi connectivity index (χ4n) is 9.01. The van der Waals surface area contributed by atoms with Crippen LogP contribution in [0.3, 0.4) is 0 Å². The number of hydrogen-bond donors (Lipinski definition) is 1. The number of hydrogen-bond acceptors (Lipinski definition) is 3. The number of aliphatic hydroxyl groups excluding tert-OH is 1. The van der Waals surface area contributed by atoms with Gasteiger partial charge >= 0.3 is 0 Å². The van der Waals surface area contributed by atoms with Crippen molar-refractivity contribution in [3.8, 4) is 0 Å². The molecule has 3 heteroatoms.